The van der Waals surface area contributed by atoms with Crippen LogP contribution in [0.3, 0.4) is 0 Å². The van der Waals surface area contributed by atoms with E-state index in [4.69, 9.17) is 0 Å². The largest absolute Gasteiger partial charge is 0.378 e. The highest BCUT2D eigenvalue weighted by molar-refractivity contribution is 7.89. The second-order valence-electron chi connectivity index (χ2n) is 8.47. The molecule has 1 aliphatic rings. The van der Waals surface area contributed by atoms with Gasteiger partial charge in [0.05, 0.1) is 16.3 Å². The minimum absolute atomic E-state index is 0.278. The van der Waals surface area contributed by atoms with Crippen molar-refractivity contribution in [2.45, 2.75) is 17.7 Å². The van der Waals surface area contributed by atoms with Gasteiger partial charge in [0, 0.05) is 52.5 Å². The molecular weight excluding hydrogens is 450 g/mol. The lowest BCUT2D eigenvalue weighted by Crippen LogP contribution is -2.39. The summed E-state index contributed by atoms with van der Waals surface area (Å²) in [5, 5.41) is 18.6. The zero-order chi connectivity index (χ0) is 24.2. The lowest BCUT2D eigenvalue weighted by molar-refractivity contribution is 0.391. The van der Waals surface area contributed by atoms with E-state index in [0.29, 0.717) is 25.3 Å². The molecule has 1 saturated heterocycles. The lowest BCUT2D eigenvalue weighted by atomic mass is 10.3. The highest BCUT2D eigenvalue weighted by Gasteiger charge is 2.23. The molecule has 0 amide bonds. The summed E-state index contributed by atoms with van der Waals surface area (Å²) in [6.07, 6.45) is 1.78. The molecule has 10 heteroatoms. The molecule has 34 heavy (non-hydrogen) atoms. The van der Waals surface area contributed by atoms with Crippen LogP contribution in [0.5, 0.6) is 0 Å². The molecule has 2 aromatic rings. The molecule has 186 valence electrons. The van der Waals surface area contributed by atoms with Gasteiger partial charge in [-0.2, -0.15) is 14.5 Å². The summed E-state index contributed by atoms with van der Waals surface area (Å²) in [5.74, 6) is 0. The maximum absolute atomic E-state index is 13.3. The Morgan fingerprint density at radius 1 is 0.706 bits per heavy atom. The number of nitrogens with one attached hydrogen (secondary N) is 3. The molecule has 9 nitrogen and oxygen atoms in total. The first-order valence-electron chi connectivity index (χ1n) is 11.9. The second kappa shape index (κ2) is 13.5. The predicted octanol–water partition coefficient (Wildman–Crippen LogP) is 2.72. The fourth-order valence-electron chi connectivity index (χ4n) is 3.59. The van der Waals surface area contributed by atoms with Crippen LogP contribution in [-0.4, -0.2) is 79.2 Å². The van der Waals surface area contributed by atoms with Crippen LogP contribution in [0, 0.1) is 0 Å². The topological polar surface area (TPSA) is 101 Å². The van der Waals surface area contributed by atoms with Gasteiger partial charge in [-0.25, -0.2) is 8.42 Å². The fourth-order valence-corrected chi connectivity index (χ4v) is 5.07. The van der Waals surface area contributed by atoms with E-state index in [-0.39, 0.29) is 4.90 Å². The van der Waals surface area contributed by atoms with Crippen molar-refractivity contribution in [2.24, 2.45) is 10.2 Å². The summed E-state index contributed by atoms with van der Waals surface area (Å²) in [4.78, 5) is 2.30. The molecule has 0 bridgehead atoms. The highest BCUT2D eigenvalue weighted by Crippen LogP contribution is 2.23. The van der Waals surface area contributed by atoms with Crippen molar-refractivity contribution in [3.63, 3.8) is 0 Å². The van der Waals surface area contributed by atoms with Gasteiger partial charge in [0.2, 0.25) is 10.0 Å². The van der Waals surface area contributed by atoms with Crippen molar-refractivity contribution < 1.29 is 8.42 Å². The SMILES string of the molecule is CN(C)c1ccc(N=Nc2ccc(S(=O)(=O)N3CCCNCCNCCCNCC3)cc2)cc1. The monoisotopic (exact) mass is 487 g/mol. The Bertz CT molecular complexity index is 979. The third-order valence-electron chi connectivity index (χ3n) is 5.61. The molecule has 0 spiro atoms. The van der Waals surface area contributed by atoms with E-state index in [1.807, 2.05) is 43.3 Å². The molecule has 0 aromatic heterocycles. The lowest BCUT2D eigenvalue weighted by Gasteiger charge is -2.23. The van der Waals surface area contributed by atoms with Crippen LogP contribution >= 0.6 is 0 Å². The summed E-state index contributed by atoms with van der Waals surface area (Å²) < 4.78 is 28.2. The Kier molecular flexibility index (Phi) is 10.4. The summed E-state index contributed by atoms with van der Waals surface area (Å²) in [6, 6.07) is 14.4. The Labute approximate surface area is 203 Å². The van der Waals surface area contributed by atoms with E-state index >= 15 is 0 Å². The smallest absolute Gasteiger partial charge is 0.243 e. The average Bonchev–Trinajstić information content (AvgIpc) is 2.84. The van der Waals surface area contributed by atoms with Gasteiger partial charge in [-0.3, -0.25) is 0 Å². The van der Waals surface area contributed by atoms with Crippen LogP contribution in [-0.2, 0) is 10.0 Å². The molecule has 1 heterocycles. The first-order chi connectivity index (χ1) is 16.5. The van der Waals surface area contributed by atoms with Gasteiger partial charge in [-0.05, 0) is 81.0 Å². The quantitative estimate of drug-likeness (QED) is 0.561. The van der Waals surface area contributed by atoms with Crippen molar-refractivity contribution in [1.82, 2.24) is 20.3 Å². The third-order valence-corrected chi connectivity index (χ3v) is 7.52. The molecule has 1 fully saturated rings. The van der Waals surface area contributed by atoms with E-state index in [9.17, 15) is 8.42 Å². The predicted molar refractivity (Wildman–Crippen MR) is 138 cm³/mol. The summed E-state index contributed by atoms with van der Waals surface area (Å²) in [6.45, 7) is 5.98. The maximum atomic E-state index is 13.3. The van der Waals surface area contributed by atoms with Crippen LogP contribution in [0.1, 0.15) is 12.8 Å². The minimum Gasteiger partial charge on any atom is -0.378 e. The van der Waals surface area contributed by atoms with Crippen LogP contribution in [0.15, 0.2) is 63.7 Å². The standard InChI is InChI=1S/C24H37N7O2S/c1-30(2)23-9-5-21(6-10-23)28-29-22-7-11-24(12-8-22)34(32,33)31-19-4-15-26-17-16-25-13-3-14-27-18-20-31/h5-12,25-27H,3-4,13-20H2,1-2H3. The van der Waals surface area contributed by atoms with E-state index in [1.54, 1.807) is 28.6 Å². The Hall–Kier alpha value is -2.37. The van der Waals surface area contributed by atoms with Crippen molar-refractivity contribution in [1.29, 1.82) is 0 Å². The first kappa shape index (κ1) is 26.2. The number of hydrogen-bond acceptors (Lipinski definition) is 8. The zero-order valence-corrected chi connectivity index (χ0v) is 21.0. The van der Waals surface area contributed by atoms with Crippen molar-refractivity contribution in [2.75, 3.05) is 71.4 Å². The van der Waals surface area contributed by atoms with Crippen LogP contribution in [0.25, 0.3) is 0 Å². The van der Waals surface area contributed by atoms with Crippen molar-refractivity contribution in [3.05, 3.63) is 48.5 Å². The molecule has 0 aliphatic carbocycles. The number of benzene rings is 2. The molecule has 0 saturated carbocycles. The molecule has 2 aromatic carbocycles. The van der Waals surface area contributed by atoms with Crippen LogP contribution < -0.4 is 20.9 Å². The number of hydrogen-bond donors (Lipinski definition) is 3. The van der Waals surface area contributed by atoms with E-state index in [0.717, 1.165) is 56.9 Å². The molecule has 0 radical (unpaired) electrons. The number of anilines is 1. The van der Waals surface area contributed by atoms with Gasteiger partial charge in [0.1, 0.15) is 0 Å². The number of sulfonamides is 1. The van der Waals surface area contributed by atoms with Crippen LogP contribution in [0.4, 0.5) is 17.1 Å². The molecule has 3 rings (SSSR count). The normalized spacial score (nSPS) is 17.9. The van der Waals surface area contributed by atoms with Crippen molar-refractivity contribution in [3.8, 4) is 0 Å². The van der Waals surface area contributed by atoms with E-state index in [2.05, 4.69) is 26.2 Å². The third kappa shape index (κ3) is 8.14. The molecule has 1 aliphatic heterocycles. The summed E-state index contributed by atoms with van der Waals surface area (Å²) in [7, 11) is 0.382. The highest BCUT2D eigenvalue weighted by atomic mass is 32.2. The minimum atomic E-state index is -3.59. The average molecular weight is 488 g/mol. The Morgan fingerprint density at radius 3 is 1.82 bits per heavy atom. The second-order valence-corrected chi connectivity index (χ2v) is 10.4. The number of azo groups is 1. The maximum Gasteiger partial charge on any atom is 0.243 e. The molecule has 3 N–H and O–H groups in total. The van der Waals surface area contributed by atoms with Gasteiger partial charge >= 0.3 is 0 Å². The van der Waals surface area contributed by atoms with E-state index < -0.39 is 10.0 Å². The van der Waals surface area contributed by atoms with E-state index in [1.165, 1.54) is 0 Å². The summed E-state index contributed by atoms with van der Waals surface area (Å²) >= 11 is 0. The Balaban J connectivity index is 1.65. The summed E-state index contributed by atoms with van der Waals surface area (Å²) in [5.41, 5.74) is 2.44. The van der Waals surface area contributed by atoms with Gasteiger partial charge in [0.25, 0.3) is 0 Å². The van der Waals surface area contributed by atoms with Gasteiger partial charge in [-0.1, -0.05) is 0 Å². The number of nitrogens with zero attached hydrogens (tertiary/aromatic N) is 4. The van der Waals surface area contributed by atoms with Gasteiger partial charge < -0.3 is 20.9 Å². The molecular formula is C24H37N7O2S. The zero-order valence-electron chi connectivity index (χ0n) is 20.2. The van der Waals surface area contributed by atoms with Crippen molar-refractivity contribution >= 4 is 27.1 Å². The molecule has 0 atom stereocenters. The number of rotatable bonds is 5. The Morgan fingerprint density at radius 2 is 1.24 bits per heavy atom. The van der Waals surface area contributed by atoms with Crippen LogP contribution in [0.2, 0.25) is 0 Å². The fraction of sp³-hybridized carbons (Fsp3) is 0.500. The van der Waals surface area contributed by atoms with Gasteiger partial charge in [0.15, 0.2) is 0 Å². The van der Waals surface area contributed by atoms with Gasteiger partial charge in [-0.15, -0.1) is 0 Å². The molecule has 0 unspecified atom stereocenters. The first-order valence-corrected chi connectivity index (χ1v) is 13.3.